The SMILES string of the molecule is Cc1cc(CN)ccc1S(=O)(=O)NC(C)c1ccncc1. The van der Waals surface area contributed by atoms with Gasteiger partial charge < -0.3 is 5.73 Å². The molecule has 0 saturated carbocycles. The summed E-state index contributed by atoms with van der Waals surface area (Å²) >= 11 is 0. The maximum atomic E-state index is 12.5. The highest BCUT2D eigenvalue weighted by Gasteiger charge is 2.20. The minimum absolute atomic E-state index is 0.278. The third kappa shape index (κ3) is 3.66. The van der Waals surface area contributed by atoms with E-state index in [9.17, 15) is 8.42 Å². The maximum absolute atomic E-state index is 12.5. The fraction of sp³-hybridized carbons (Fsp3) is 0.267. The third-order valence-electron chi connectivity index (χ3n) is 3.30. The van der Waals surface area contributed by atoms with Crippen LogP contribution in [-0.2, 0) is 16.6 Å². The molecule has 112 valence electrons. The molecule has 0 spiro atoms. The Morgan fingerprint density at radius 1 is 1.24 bits per heavy atom. The van der Waals surface area contributed by atoms with Gasteiger partial charge in [-0.3, -0.25) is 4.98 Å². The molecule has 2 rings (SSSR count). The largest absolute Gasteiger partial charge is 0.326 e. The van der Waals surface area contributed by atoms with Gasteiger partial charge in [0.15, 0.2) is 0 Å². The van der Waals surface area contributed by atoms with Crippen LogP contribution >= 0.6 is 0 Å². The van der Waals surface area contributed by atoms with Gasteiger partial charge in [0.1, 0.15) is 0 Å². The third-order valence-corrected chi connectivity index (χ3v) is 5.00. The lowest BCUT2D eigenvalue weighted by Gasteiger charge is -2.16. The molecule has 0 saturated heterocycles. The van der Waals surface area contributed by atoms with Crippen LogP contribution in [0.25, 0.3) is 0 Å². The number of sulfonamides is 1. The molecule has 1 atom stereocenters. The molecule has 1 aromatic carbocycles. The minimum atomic E-state index is -3.57. The van der Waals surface area contributed by atoms with Crippen molar-refractivity contribution in [1.82, 2.24) is 9.71 Å². The molecule has 2 aromatic rings. The Morgan fingerprint density at radius 3 is 2.48 bits per heavy atom. The normalized spacial score (nSPS) is 13.1. The number of nitrogens with two attached hydrogens (primary N) is 1. The van der Waals surface area contributed by atoms with Crippen LogP contribution in [0, 0.1) is 6.92 Å². The number of hydrogen-bond acceptors (Lipinski definition) is 4. The maximum Gasteiger partial charge on any atom is 0.241 e. The van der Waals surface area contributed by atoms with Crippen LogP contribution in [0.2, 0.25) is 0 Å². The summed E-state index contributed by atoms with van der Waals surface area (Å²) in [6.07, 6.45) is 3.28. The first-order valence-electron chi connectivity index (χ1n) is 6.66. The van der Waals surface area contributed by atoms with Gasteiger partial charge in [-0.1, -0.05) is 12.1 Å². The zero-order valence-corrected chi connectivity index (χ0v) is 12.9. The second-order valence-electron chi connectivity index (χ2n) is 4.93. The van der Waals surface area contributed by atoms with Gasteiger partial charge in [0.05, 0.1) is 4.90 Å². The summed E-state index contributed by atoms with van der Waals surface area (Å²) in [5.41, 5.74) is 8.03. The number of pyridine rings is 1. The van der Waals surface area contributed by atoms with E-state index in [1.54, 1.807) is 56.6 Å². The molecule has 3 N–H and O–H groups in total. The molecule has 0 radical (unpaired) electrons. The molecule has 0 fully saturated rings. The molecular formula is C15H19N3O2S. The summed E-state index contributed by atoms with van der Waals surface area (Å²) in [5, 5.41) is 0. The topological polar surface area (TPSA) is 85.1 Å². The van der Waals surface area contributed by atoms with Gasteiger partial charge in [-0.15, -0.1) is 0 Å². The second kappa shape index (κ2) is 6.34. The molecule has 5 nitrogen and oxygen atoms in total. The monoisotopic (exact) mass is 305 g/mol. The Labute approximate surface area is 125 Å². The van der Waals surface area contributed by atoms with Crippen LogP contribution < -0.4 is 10.5 Å². The number of nitrogens with one attached hydrogen (secondary N) is 1. The highest BCUT2D eigenvalue weighted by Crippen LogP contribution is 2.20. The van der Waals surface area contributed by atoms with Crippen molar-refractivity contribution in [2.24, 2.45) is 5.73 Å². The molecule has 1 heterocycles. The first kappa shape index (κ1) is 15.6. The Bertz CT molecular complexity index is 715. The Hall–Kier alpha value is -1.76. The lowest BCUT2D eigenvalue weighted by Crippen LogP contribution is -2.27. The first-order chi connectivity index (χ1) is 9.94. The van der Waals surface area contributed by atoms with Gasteiger partial charge >= 0.3 is 0 Å². The van der Waals surface area contributed by atoms with Crippen molar-refractivity contribution in [2.75, 3.05) is 0 Å². The second-order valence-corrected chi connectivity index (χ2v) is 6.61. The van der Waals surface area contributed by atoms with Gasteiger partial charge in [-0.05, 0) is 48.7 Å². The van der Waals surface area contributed by atoms with E-state index in [0.29, 0.717) is 12.1 Å². The van der Waals surface area contributed by atoms with Gasteiger partial charge in [0, 0.05) is 25.0 Å². The number of rotatable bonds is 5. The molecular weight excluding hydrogens is 286 g/mol. The number of aromatic nitrogens is 1. The summed E-state index contributed by atoms with van der Waals surface area (Å²) in [7, 11) is -3.57. The average molecular weight is 305 g/mol. The van der Waals surface area contributed by atoms with E-state index in [2.05, 4.69) is 9.71 Å². The Kier molecular flexibility index (Phi) is 4.72. The van der Waals surface area contributed by atoms with E-state index in [1.165, 1.54) is 0 Å². The van der Waals surface area contributed by atoms with Gasteiger partial charge in [-0.2, -0.15) is 0 Å². The van der Waals surface area contributed by atoms with Gasteiger partial charge in [0.2, 0.25) is 10.0 Å². The molecule has 21 heavy (non-hydrogen) atoms. The standard InChI is InChI=1S/C15H19N3O2S/c1-11-9-13(10-16)3-4-15(11)21(19,20)18-12(2)14-5-7-17-8-6-14/h3-9,12,18H,10,16H2,1-2H3. The van der Waals surface area contributed by atoms with E-state index >= 15 is 0 Å². The molecule has 0 aliphatic heterocycles. The number of benzene rings is 1. The van der Waals surface area contributed by atoms with Crippen molar-refractivity contribution in [3.8, 4) is 0 Å². The quantitative estimate of drug-likeness (QED) is 0.883. The van der Waals surface area contributed by atoms with Crippen molar-refractivity contribution in [3.05, 3.63) is 59.4 Å². The predicted molar refractivity (Wildman–Crippen MR) is 82.0 cm³/mol. The van der Waals surface area contributed by atoms with E-state index in [0.717, 1.165) is 11.1 Å². The van der Waals surface area contributed by atoms with Crippen molar-refractivity contribution >= 4 is 10.0 Å². The van der Waals surface area contributed by atoms with E-state index in [1.807, 2.05) is 0 Å². The van der Waals surface area contributed by atoms with E-state index in [4.69, 9.17) is 5.73 Å². The summed E-state index contributed by atoms with van der Waals surface area (Å²) in [4.78, 5) is 4.20. The van der Waals surface area contributed by atoms with Crippen molar-refractivity contribution < 1.29 is 8.42 Å². The minimum Gasteiger partial charge on any atom is -0.326 e. The zero-order valence-electron chi connectivity index (χ0n) is 12.1. The highest BCUT2D eigenvalue weighted by molar-refractivity contribution is 7.89. The lowest BCUT2D eigenvalue weighted by atomic mass is 10.1. The predicted octanol–water partition coefficient (Wildman–Crippen LogP) is 1.89. The van der Waals surface area contributed by atoms with Crippen LogP contribution in [0.3, 0.4) is 0 Å². The first-order valence-corrected chi connectivity index (χ1v) is 8.14. The number of aryl methyl sites for hydroxylation is 1. The van der Waals surface area contributed by atoms with Crippen LogP contribution in [0.1, 0.15) is 29.7 Å². The fourth-order valence-corrected chi connectivity index (χ4v) is 3.61. The summed E-state index contributed by atoms with van der Waals surface area (Å²) in [6, 6.07) is 8.38. The van der Waals surface area contributed by atoms with Crippen molar-refractivity contribution in [2.45, 2.75) is 31.3 Å². The molecule has 0 amide bonds. The van der Waals surface area contributed by atoms with Crippen LogP contribution in [-0.4, -0.2) is 13.4 Å². The van der Waals surface area contributed by atoms with E-state index < -0.39 is 10.0 Å². The average Bonchev–Trinajstić information content (AvgIpc) is 2.47. The molecule has 0 bridgehead atoms. The molecule has 0 aliphatic rings. The molecule has 1 unspecified atom stereocenters. The van der Waals surface area contributed by atoms with E-state index in [-0.39, 0.29) is 10.9 Å². The summed E-state index contributed by atoms with van der Waals surface area (Å²) in [5.74, 6) is 0. The molecule has 1 aromatic heterocycles. The zero-order chi connectivity index (χ0) is 15.5. The lowest BCUT2D eigenvalue weighted by molar-refractivity contribution is 0.566. The van der Waals surface area contributed by atoms with Crippen LogP contribution in [0.5, 0.6) is 0 Å². The summed E-state index contributed by atoms with van der Waals surface area (Å²) in [6.45, 7) is 3.96. The van der Waals surface area contributed by atoms with Gasteiger partial charge in [-0.25, -0.2) is 13.1 Å². The fourth-order valence-electron chi connectivity index (χ4n) is 2.16. The highest BCUT2D eigenvalue weighted by atomic mass is 32.2. The molecule has 0 aliphatic carbocycles. The smallest absolute Gasteiger partial charge is 0.241 e. The molecule has 6 heteroatoms. The number of hydrogen-bond donors (Lipinski definition) is 2. The van der Waals surface area contributed by atoms with Crippen molar-refractivity contribution in [3.63, 3.8) is 0 Å². The Balaban J connectivity index is 2.26. The van der Waals surface area contributed by atoms with Crippen LogP contribution in [0.4, 0.5) is 0 Å². The number of nitrogens with zero attached hydrogens (tertiary/aromatic N) is 1. The summed E-state index contributed by atoms with van der Waals surface area (Å²) < 4.78 is 27.6. The van der Waals surface area contributed by atoms with Crippen LogP contribution in [0.15, 0.2) is 47.6 Å². The van der Waals surface area contributed by atoms with Gasteiger partial charge in [0.25, 0.3) is 0 Å². The Morgan fingerprint density at radius 2 is 1.90 bits per heavy atom. The van der Waals surface area contributed by atoms with Crippen molar-refractivity contribution in [1.29, 1.82) is 0 Å².